The molecular formula is C20H16N2O5. The first-order valence-corrected chi connectivity index (χ1v) is 8.24. The van der Waals surface area contributed by atoms with E-state index in [1.54, 1.807) is 48.5 Å². The summed E-state index contributed by atoms with van der Waals surface area (Å²) in [6.45, 7) is 2.46. The van der Waals surface area contributed by atoms with Gasteiger partial charge < -0.3 is 9.47 Å². The van der Waals surface area contributed by atoms with Crippen molar-refractivity contribution in [2.75, 3.05) is 6.61 Å². The lowest BCUT2D eigenvalue weighted by Crippen LogP contribution is -2.05. The van der Waals surface area contributed by atoms with Crippen LogP contribution >= 0.6 is 0 Å². The minimum Gasteiger partial charge on any atom is -0.494 e. The van der Waals surface area contributed by atoms with E-state index in [9.17, 15) is 14.9 Å². The van der Waals surface area contributed by atoms with Gasteiger partial charge in [-0.15, -0.1) is 0 Å². The fourth-order valence-corrected chi connectivity index (χ4v) is 2.44. The normalized spacial score (nSPS) is 15.1. The Hall–Kier alpha value is -3.74. The molecule has 0 bridgehead atoms. The van der Waals surface area contributed by atoms with Gasteiger partial charge >= 0.3 is 5.97 Å². The molecule has 1 heterocycles. The highest BCUT2D eigenvalue weighted by Gasteiger charge is 2.23. The average Bonchev–Trinajstić information content (AvgIpc) is 3.04. The molecule has 0 amide bonds. The number of nitro benzene ring substituents is 1. The maximum absolute atomic E-state index is 12.0. The molecule has 136 valence electrons. The Morgan fingerprint density at radius 2 is 1.93 bits per heavy atom. The highest BCUT2D eigenvalue weighted by Crippen LogP contribution is 2.21. The zero-order chi connectivity index (χ0) is 19.2. The average molecular weight is 364 g/mol. The SMILES string of the molecule is CCOc1ccc(C2=N/C(=C\C=C\c3ccccc3[N+](=O)[O-])C(=O)O2)cc1. The lowest BCUT2D eigenvalue weighted by Gasteiger charge is -2.03. The summed E-state index contributed by atoms with van der Waals surface area (Å²) in [5.74, 6) is 0.341. The number of cyclic esters (lactones) is 1. The molecule has 0 saturated carbocycles. The molecule has 0 radical (unpaired) electrons. The number of aliphatic imine (C=N–C) groups is 1. The van der Waals surface area contributed by atoms with Crippen LogP contribution in [0.1, 0.15) is 18.1 Å². The summed E-state index contributed by atoms with van der Waals surface area (Å²) in [7, 11) is 0. The van der Waals surface area contributed by atoms with E-state index >= 15 is 0 Å². The van der Waals surface area contributed by atoms with Gasteiger partial charge in [-0.05, 0) is 49.4 Å². The third-order valence-electron chi connectivity index (χ3n) is 3.70. The standard InChI is InChI=1S/C20H16N2O5/c1-2-26-16-12-10-15(11-13-16)19-21-17(20(23)27-19)8-5-7-14-6-3-4-9-18(14)22(24)25/h3-13H,2H2,1H3/b7-5+,17-8-. The Morgan fingerprint density at radius 1 is 1.19 bits per heavy atom. The Kier molecular flexibility index (Phi) is 5.41. The number of hydrogen-bond acceptors (Lipinski definition) is 6. The zero-order valence-electron chi connectivity index (χ0n) is 14.5. The Labute approximate surface area is 155 Å². The Bertz CT molecular complexity index is 959. The van der Waals surface area contributed by atoms with Crippen LogP contribution in [-0.4, -0.2) is 23.4 Å². The van der Waals surface area contributed by atoms with Gasteiger partial charge in [0.25, 0.3) is 5.69 Å². The molecule has 0 aliphatic carbocycles. The van der Waals surface area contributed by atoms with Crippen molar-refractivity contribution in [3.63, 3.8) is 0 Å². The summed E-state index contributed by atoms with van der Waals surface area (Å²) in [4.78, 5) is 26.7. The molecule has 0 spiro atoms. The molecule has 0 saturated heterocycles. The van der Waals surface area contributed by atoms with Crippen molar-refractivity contribution in [2.45, 2.75) is 6.92 Å². The minimum atomic E-state index is -0.578. The van der Waals surface area contributed by atoms with E-state index in [0.29, 0.717) is 23.5 Å². The van der Waals surface area contributed by atoms with E-state index in [1.165, 1.54) is 18.2 Å². The fourth-order valence-electron chi connectivity index (χ4n) is 2.44. The van der Waals surface area contributed by atoms with Crippen LogP contribution in [0.25, 0.3) is 6.08 Å². The topological polar surface area (TPSA) is 91.0 Å². The van der Waals surface area contributed by atoms with Crippen molar-refractivity contribution < 1.29 is 19.2 Å². The van der Waals surface area contributed by atoms with Crippen LogP contribution in [0.5, 0.6) is 5.75 Å². The van der Waals surface area contributed by atoms with Gasteiger partial charge in [0.05, 0.1) is 17.1 Å². The van der Waals surface area contributed by atoms with Crippen LogP contribution in [0.15, 0.2) is 71.4 Å². The van der Waals surface area contributed by atoms with E-state index in [-0.39, 0.29) is 17.3 Å². The Balaban J connectivity index is 1.79. The largest absolute Gasteiger partial charge is 0.494 e. The molecule has 7 heteroatoms. The van der Waals surface area contributed by atoms with Crippen LogP contribution in [-0.2, 0) is 9.53 Å². The number of nitrogens with zero attached hydrogens (tertiary/aromatic N) is 2. The van der Waals surface area contributed by atoms with Crippen LogP contribution in [0.2, 0.25) is 0 Å². The predicted octanol–water partition coefficient (Wildman–Crippen LogP) is 3.89. The van der Waals surface area contributed by atoms with Crippen molar-refractivity contribution in [1.29, 1.82) is 0 Å². The van der Waals surface area contributed by atoms with Gasteiger partial charge in [-0.2, -0.15) is 0 Å². The van der Waals surface area contributed by atoms with Gasteiger partial charge in [-0.1, -0.05) is 18.2 Å². The molecule has 3 rings (SSSR count). The number of allylic oxidation sites excluding steroid dienone is 2. The molecule has 1 aliphatic rings. The first-order chi connectivity index (χ1) is 13.1. The summed E-state index contributed by atoms with van der Waals surface area (Å²) in [6, 6.07) is 13.4. The summed E-state index contributed by atoms with van der Waals surface area (Å²) in [6.07, 6.45) is 4.53. The van der Waals surface area contributed by atoms with Crippen LogP contribution in [0.3, 0.4) is 0 Å². The van der Waals surface area contributed by atoms with E-state index in [0.717, 1.165) is 0 Å². The molecule has 2 aromatic carbocycles. The highest BCUT2D eigenvalue weighted by atomic mass is 16.6. The van der Waals surface area contributed by atoms with Gasteiger partial charge in [0.15, 0.2) is 5.70 Å². The van der Waals surface area contributed by atoms with Crippen molar-refractivity contribution in [3.8, 4) is 5.75 Å². The molecule has 0 atom stereocenters. The second kappa shape index (κ2) is 8.09. The second-order valence-electron chi connectivity index (χ2n) is 5.49. The molecule has 7 nitrogen and oxygen atoms in total. The third-order valence-corrected chi connectivity index (χ3v) is 3.70. The number of nitro groups is 1. The van der Waals surface area contributed by atoms with E-state index in [4.69, 9.17) is 9.47 Å². The third kappa shape index (κ3) is 4.27. The van der Waals surface area contributed by atoms with Crippen molar-refractivity contribution >= 4 is 23.6 Å². The Morgan fingerprint density at radius 3 is 2.63 bits per heavy atom. The van der Waals surface area contributed by atoms with Crippen molar-refractivity contribution in [3.05, 3.63) is 87.6 Å². The van der Waals surface area contributed by atoms with Gasteiger partial charge in [-0.25, -0.2) is 9.79 Å². The van der Waals surface area contributed by atoms with Crippen LogP contribution in [0.4, 0.5) is 5.69 Å². The smallest absolute Gasteiger partial charge is 0.363 e. The van der Waals surface area contributed by atoms with Crippen molar-refractivity contribution in [1.82, 2.24) is 0 Å². The summed E-state index contributed by atoms with van der Waals surface area (Å²) < 4.78 is 10.6. The molecular weight excluding hydrogens is 348 g/mol. The monoisotopic (exact) mass is 364 g/mol. The first kappa shape index (κ1) is 18.1. The van der Waals surface area contributed by atoms with Crippen LogP contribution in [0, 0.1) is 10.1 Å². The summed E-state index contributed by atoms with van der Waals surface area (Å²) in [5, 5.41) is 11.0. The lowest BCUT2D eigenvalue weighted by atomic mass is 10.1. The number of ether oxygens (including phenoxy) is 2. The second-order valence-corrected chi connectivity index (χ2v) is 5.49. The molecule has 0 aromatic heterocycles. The molecule has 0 unspecified atom stereocenters. The maximum atomic E-state index is 12.0. The molecule has 0 N–H and O–H groups in total. The van der Waals surface area contributed by atoms with Gasteiger partial charge in [0.2, 0.25) is 5.90 Å². The quantitative estimate of drug-likeness (QED) is 0.336. The lowest BCUT2D eigenvalue weighted by molar-refractivity contribution is -0.385. The van der Waals surface area contributed by atoms with Gasteiger partial charge in [0, 0.05) is 11.6 Å². The van der Waals surface area contributed by atoms with E-state index < -0.39 is 10.9 Å². The van der Waals surface area contributed by atoms with Gasteiger partial charge in [0.1, 0.15) is 5.75 Å². The molecule has 1 aliphatic heterocycles. The molecule has 2 aromatic rings. The number of hydrogen-bond donors (Lipinski definition) is 0. The number of rotatable bonds is 6. The first-order valence-electron chi connectivity index (χ1n) is 8.24. The summed E-state index contributed by atoms with van der Waals surface area (Å²) >= 11 is 0. The predicted molar refractivity (Wildman–Crippen MR) is 100 cm³/mol. The highest BCUT2D eigenvalue weighted by molar-refractivity contribution is 6.11. The minimum absolute atomic E-state index is 0.0141. The maximum Gasteiger partial charge on any atom is 0.363 e. The number of para-hydroxylation sites is 1. The number of carbonyl (C=O) groups is 1. The van der Waals surface area contributed by atoms with E-state index in [1.807, 2.05) is 6.92 Å². The number of esters is 1. The van der Waals surface area contributed by atoms with E-state index in [2.05, 4.69) is 4.99 Å². The summed E-state index contributed by atoms with van der Waals surface area (Å²) in [5.41, 5.74) is 1.19. The van der Waals surface area contributed by atoms with Gasteiger partial charge in [-0.3, -0.25) is 10.1 Å². The number of benzene rings is 2. The molecule has 27 heavy (non-hydrogen) atoms. The zero-order valence-corrected chi connectivity index (χ0v) is 14.5. The number of carbonyl (C=O) groups excluding carboxylic acids is 1. The van der Waals surface area contributed by atoms with Crippen molar-refractivity contribution in [2.24, 2.45) is 4.99 Å². The fraction of sp³-hybridized carbons (Fsp3) is 0.100. The van der Waals surface area contributed by atoms with Crippen LogP contribution < -0.4 is 4.74 Å². The molecule has 0 fully saturated rings.